The van der Waals surface area contributed by atoms with E-state index in [1.54, 1.807) is 0 Å². The van der Waals surface area contributed by atoms with Crippen LogP contribution in [0.15, 0.2) is 237 Å². The normalized spacial score (nSPS) is 11.6. The molecule has 10 aromatic carbocycles. The van der Waals surface area contributed by atoms with E-state index in [9.17, 15) is 0 Å². The molecule has 0 N–H and O–H groups in total. The Morgan fingerprint density at radius 2 is 0.682 bits per heavy atom. The summed E-state index contributed by atoms with van der Waals surface area (Å²) in [4.78, 5) is 15.5. The van der Waals surface area contributed by atoms with E-state index >= 15 is 0 Å². The highest BCUT2D eigenvalue weighted by atomic mass is 15.0. The van der Waals surface area contributed by atoms with Crippen LogP contribution < -0.4 is 0 Å². The molecule has 0 aliphatic carbocycles. The van der Waals surface area contributed by atoms with Gasteiger partial charge in [-0.15, -0.1) is 0 Å². The lowest BCUT2D eigenvalue weighted by Gasteiger charge is -2.16. The summed E-state index contributed by atoms with van der Waals surface area (Å²) in [7, 11) is 0. The molecule has 0 atom stereocenters. The van der Waals surface area contributed by atoms with Gasteiger partial charge in [0.05, 0.1) is 27.8 Å². The highest BCUT2D eigenvalue weighted by Crippen LogP contribution is 2.39. The minimum Gasteiger partial charge on any atom is -0.309 e. The number of rotatable bonds is 7. The molecule has 0 radical (unpaired) electrons. The van der Waals surface area contributed by atoms with Gasteiger partial charge in [-0.05, 0) is 88.1 Å². The molecule has 0 spiro atoms. The van der Waals surface area contributed by atoms with E-state index in [-0.39, 0.29) is 0 Å². The van der Waals surface area contributed by atoms with Crippen molar-refractivity contribution in [1.82, 2.24) is 24.1 Å². The second-order valence-electron chi connectivity index (χ2n) is 16.8. The molecule has 3 heterocycles. The van der Waals surface area contributed by atoms with Gasteiger partial charge in [0.15, 0.2) is 17.5 Å². The van der Waals surface area contributed by atoms with Gasteiger partial charge < -0.3 is 9.13 Å². The van der Waals surface area contributed by atoms with E-state index in [0.29, 0.717) is 17.5 Å². The van der Waals surface area contributed by atoms with Crippen molar-refractivity contribution in [2.75, 3.05) is 0 Å². The third kappa shape index (κ3) is 6.28. The summed E-state index contributed by atoms with van der Waals surface area (Å²) < 4.78 is 4.74. The molecule has 3 aromatic heterocycles. The fourth-order valence-corrected chi connectivity index (χ4v) is 9.84. The van der Waals surface area contributed by atoms with Crippen molar-refractivity contribution in [2.45, 2.75) is 0 Å². The zero-order valence-corrected chi connectivity index (χ0v) is 35.8. The molecule has 0 amide bonds. The Hall–Kier alpha value is -8.93. The van der Waals surface area contributed by atoms with Crippen LogP contribution in [-0.4, -0.2) is 24.1 Å². The SMILES string of the molecule is c1ccc(-c2nc(-c3cccc(-n4c5ccccc5c5ccccc54)c3)nc(-c3ccc4ccc(-c5ccc(-n6c7ccccc7c7ccccc76)c(-c6ccccc6)c5)cc4c3)n2)cc1. The Morgan fingerprint density at radius 1 is 0.258 bits per heavy atom. The van der Waals surface area contributed by atoms with Crippen molar-refractivity contribution in [2.24, 2.45) is 0 Å². The van der Waals surface area contributed by atoms with Gasteiger partial charge in [-0.3, -0.25) is 0 Å². The van der Waals surface area contributed by atoms with Crippen LogP contribution in [0.25, 0.3) is 122 Å². The average molecular weight is 842 g/mol. The Balaban J connectivity index is 0.932. The monoisotopic (exact) mass is 841 g/mol. The van der Waals surface area contributed by atoms with E-state index in [1.807, 2.05) is 18.2 Å². The molecule has 13 aromatic rings. The van der Waals surface area contributed by atoms with Crippen LogP contribution in [0.2, 0.25) is 0 Å². The van der Waals surface area contributed by atoms with Crippen LogP contribution in [0, 0.1) is 0 Å². The number of para-hydroxylation sites is 4. The minimum atomic E-state index is 0.618. The summed E-state index contributed by atoms with van der Waals surface area (Å²) in [6, 6.07) is 84.1. The summed E-state index contributed by atoms with van der Waals surface area (Å²) in [6.45, 7) is 0. The van der Waals surface area contributed by atoms with E-state index in [2.05, 4.69) is 228 Å². The molecule has 5 heteroatoms. The second-order valence-corrected chi connectivity index (χ2v) is 16.8. The highest BCUT2D eigenvalue weighted by molar-refractivity contribution is 6.10. The van der Waals surface area contributed by atoms with Crippen molar-refractivity contribution < 1.29 is 0 Å². The maximum absolute atomic E-state index is 5.22. The first kappa shape index (κ1) is 37.6. The third-order valence-corrected chi connectivity index (χ3v) is 12.9. The van der Waals surface area contributed by atoms with E-state index < -0.39 is 0 Å². The Kier molecular flexibility index (Phi) is 8.78. The maximum atomic E-state index is 5.22. The molecule has 0 saturated carbocycles. The van der Waals surface area contributed by atoms with Crippen LogP contribution in [-0.2, 0) is 0 Å². The van der Waals surface area contributed by atoms with Crippen LogP contribution in [0.3, 0.4) is 0 Å². The van der Waals surface area contributed by atoms with Crippen molar-refractivity contribution in [3.8, 4) is 67.8 Å². The maximum Gasteiger partial charge on any atom is 0.164 e. The predicted octanol–water partition coefficient (Wildman–Crippen LogP) is 15.6. The molecule has 0 bridgehead atoms. The van der Waals surface area contributed by atoms with Gasteiger partial charge in [-0.1, -0.05) is 176 Å². The standard InChI is InChI=1S/C61H39N5/c1-3-16-41(17-4-1)53-39-44(34-35-58(53)66-56-28-13-9-24-51(56)52-25-10-14-29-57(52)66)43-32-30-40-31-33-46(37-47(40)36-43)61-63-59(42-18-5-2-6-19-42)62-60(64-61)45-20-15-21-48(38-45)65-54-26-11-7-22-49(54)50-23-8-12-27-55(50)65/h1-39H. The smallest absolute Gasteiger partial charge is 0.164 e. The molecule has 0 aliphatic heterocycles. The number of hydrogen-bond acceptors (Lipinski definition) is 3. The van der Waals surface area contributed by atoms with Crippen LogP contribution >= 0.6 is 0 Å². The Labute approximate surface area is 381 Å². The summed E-state index contributed by atoms with van der Waals surface area (Å²) in [6.07, 6.45) is 0. The van der Waals surface area contributed by atoms with E-state index in [0.717, 1.165) is 61.0 Å². The van der Waals surface area contributed by atoms with Gasteiger partial charge in [0.2, 0.25) is 0 Å². The lowest BCUT2D eigenvalue weighted by atomic mass is 9.95. The second kappa shape index (κ2) is 15.4. The number of benzene rings is 10. The van der Waals surface area contributed by atoms with Crippen LogP contribution in [0.4, 0.5) is 0 Å². The fraction of sp³-hybridized carbons (Fsp3) is 0. The fourth-order valence-electron chi connectivity index (χ4n) is 9.84. The number of nitrogens with zero attached hydrogens (tertiary/aromatic N) is 5. The molecule has 0 unspecified atom stereocenters. The molecule has 0 aliphatic rings. The topological polar surface area (TPSA) is 48.5 Å². The summed E-state index contributed by atoms with van der Waals surface area (Å²) in [5, 5.41) is 7.18. The highest BCUT2D eigenvalue weighted by Gasteiger charge is 2.19. The number of aromatic nitrogens is 5. The largest absolute Gasteiger partial charge is 0.309 e. The first-order valence-electron chi connectivity index (χ1n) is 22.3. The Morgan fingerprint density at radius 3 is 1.27 bits per heavy atom. The molecule has 0 saturated heterocycles. The van der Waals surface area contributed by atoms with Crippen molar-refractivity contribution in [3.05, 3.63) is 237 Å². The molecule has 0 fully saturated rings. The summed E-state index contributed by atoms with van der Waals surface area (Å²) >= 11 is 0. The molecular formula is C61H39N5. The quantitative estimate of drug-likeness (QED) is 0.161. The third-order valence-electron chi connectivity index (χ3n) is 12.9. The van der Waals surface area contributed by atoms with Gasteiger partial charge in [0.25, 0.3) is 0 Å². The molecule has 13 rings (SSSR count). The molecule has 308 valence electrons. The summed E-state index contributed by atoms with van der Waals surface area (Å²) in [5.74, 6) is 1.87. The molecule has 66 heavy (non-hydrogen) atoms. The van der Waals surface area contributed by atoms with Gasteiger partial charge in [0, 0.05) is 49.5 Å². The van der Waals surface area contributed by atoms with Gasteiger partial charge in [0.1, 0.15) is 0 Å². The van der Waals surface area contributed by atoms with E-state index in [1.165, 1.54) is 43.7 Å². The van der Waals surface area contributed by atoms with E-state index in [4.69, 9.17) is 15.0 Å². The Bertz CT molecular complexity index is 3890. The van der Waals surface area contributed by atoms with Crippen LogP contribution in [0.5, 0.6) is 0 Å². The molecule has 5 nitrogen and oxygen atoms in total. The lowest BCUT2D eigenvalue weighted by molar-refractivity contribution is 1.07. The number of hydrogen-bond donors (Lipinski definition) is 0. The van der Waals surface area contributed by atoms with Crippen molar-refractivity contribution in [1.29, 1.82) is 0 Å². The average Bonchev–Trinajstić information content (AvgIpc) is 3.92. The van der Waals surface area contributed by atoms with Gasteiger partial charge in [-0.25, -0.2) is 15.0 Å². The summed E-state index contributed by atoms with van der Waals surface area (Å²) in [5.41, 5.74) is 14.3. The first-order chi connectivity index (χ1) is 32.7. The lowest BCUT2D eigenvalue weighted by Crippen LogP contribution is -2.01. The zero-order chi connectivity index (χ0) is 43.6. The van der Waals surface area contributed by atoms with Crippen LogP contribution in [0.1, 0.15) is 0 Å². The first-order valence-corrected chi connectivity index (χ1v) is 22.3. The molecular weight excluding hydrogens is 803 g/mol. The van der Waals surface area contributed by atoms with Crippen molar-refractivity contribution >= 4 is 54.4 Å². The number of fused-ring (bicyclic) bond motifs is 7. The van der Waals surface area contributed by atoms with Gasteiger partial charge >= 0.3 is 0 Å². The predicted molar refractivity (Wildman–Crippen MR) is 273 cm³/mol. The zero-order valence-electron chi connectivity index (χ0n) is 35.8. The van der Waals surface area contributed by atoms with Crippen molar-refractivity contribution in [3.63, 3.8) is 0 Å². The van der Waals surface area contributed by atoms with Gasteiger partial charge in [-0.2, -0.15) is 0 Å². The minimum absolute atomic E-state index is 0.618.